The molecule has 0 aliphatic carbocycles. The number of benzene rings is 1. The minimum Gasteiger partial charge on any atom is -0.491 e. The predicted molar refractivity (Wildman–Crippen MR) is 71.9 cm³/mol. The molecule has 108 valence electrons. The molecular weight excluding hydrogens is 249 g/mol. The zero-order valence-electron chi connectivity index (χ0n) is 11.4. The molecule has 2 unspecified atom stereocenters. The lowest BCUT2D eigenvalue weighted by atomic mass is 10.2. The molecule has 0 bridgehead atoms. The van der Waals surface area contributed by atoms with E-state index in [-0.39, 0.29) is 18.5 Å². The molecule has 0 radical (unpaired) electrons. The van der Waals surface area contributed by atoms with Crippen LogP contribution in [-0.2, 0) is 4.74 Å². The summed E-state index contributed by atoms with van der Waals surface area (Å²) >= 11 is 0. The van der Waals surface area contributed by atoms with E-state index < -0.39 is 6.10 Å². The molecule has 0 aliphatic rings. The summed E-state index contributed by atoms with van der Waals surface area (Å²) in [6, 6.07) is 5.95. The Labute approximate surface area is 113 Å². The van der Waals surface area contributed by atoms with Crippen molar-refractivity contribution in [2.45, 2.75) is 25.5 Å². The molecule has 0 aliphatic heterocycles. The average molecular weight is 271 g/mol. The fraction of sp³-hybridized carbons (Fsp3) is 0.571. The second-order valence-electron chi connectivity index (χ2n) is 4.39. The second kappa shape index (κ2) is 8.85. The Hall–Kier alpha value is -1.17. The van der Waals surface area contributed by atoms with Gasteiger partial charge >= 0.3 is 0 Å². The SMILES string of the molecule is CCC(COC)NCC(O)COc1ccc(F)cc1. The third-order valence-corrected chi connectivity index (χ3v) is 2.76. The number of hydrogen-bond donors (Lipinski definition) is 2. The van der Waals surface area contributed by atoms with Crippen LogP contribution in [0.25, 0.3) is 0 Å². The smallest absolute Gasteiger partial charge is 0.123 e. The number of rotatable bonds is 9. The molecule has 0 spiro atoms. The van der Waals surface area contributed by atoms with Gasteiger partial charge in [0.1, 0.15) is 24.3 Å². The molecule has 0 heterocycles. The highest BCUT2D eigenvalue weighted by atomic mass is 19.1. The van der Waals surface area contributed by atoms with E-state index in [0.29, 0.717) is 18.9 Å². The summed E-state index contributed by atoms with van der Waals surface area (Å²) in [5, 5.41) is 13.0. The van der Waals surface area contributed by atoms with Gasteiger partial charge in [0, 0.05) is 19.7 Å². The lowest BCUT2D eigenvalue weighted by Crippen LogP contribution is -2.39. The summed E-state index contributed by atoms with van der Waals surface area (Å²) < 4.78 is 23.1. The molecule has 4 nitrogen and oxygen atoms in total. The topological polar surface area (TPSA) is 50.7 Å². The lowest BCUT2D eigenvalue weighted by molar-refractivity contribution is 0.0952. The normalized spacial score (nSPS) is 14.1. The Balaban J connectivity index is 2.23. The van der Waals surface area contributed by atoms with Gasteiger partial charge in [-0.3, -0.25) is 0 Å². The van der Waals surface area contributed by atoms with Crippen LogP contribution in [0, 0.1) is 5.82 Å². The van der Waals surface area contributed by atoms with Crippen LogP contribution in [0.3, 0.4) is 0 Å². The first-order chi connectivity index (χ1) is 9.15. The monoisotopic (exact) mass is 271 g/mol. The van der Waals surface area contributed by atoms with Gasteiger partial charge in [0.25, 0.3) is 0 Å². The van der Waals surface area contributed by atoms with Crippen LogP contribution in [0.2, 0.25) is 0 Å². The molecule has 1 aromatic carbocycles. The Morgan fingerprint density at radius 2 is 1.95 bits per heavy atom. The Morgan fingerprint density at radius 3 is 2.53 bits per heavy atom. The largest absolute Gasteiger partial charge is 0.491 e. The summed E-state index contributed by atoms with van der Waals surface area (Å²) in [6.07, 6.45) is 0.315. The maximum absolute atomic E-state index is 12.7. The molecule has 19 heavy (non-hydrogen) atoms. The average Bonchev–Trinajstić information content (AvgIpc) is 2.42. The van der Waals surface area contributed by atoms with Crippen molar-refractivity contribution in [2.24, 2.45) is 0 Å². The molecule has 2 atom stereocenters. The number of ether oxygens (including phenoxy) is 2. The summed E-state index contributed by atoms with van der Waals surface area (Å²) in [6.45, 7) is 3.27. The molecule has 5 heteroatoms. The molecule has 0 saturated heterocycles. The van der Waals surface area contributed by atoms with E-state index in [1.54, 1.807) is 7.11 Å². The minimum atomic E-state index is -0.615. The highest BCUT2D eigenvalue weighted by Crippen LogP contribution is 2.11. The zero-order valence-corrected chi connectivity index (χ0v) is 11.4. The van der Waals surface area contributed by atoms with E-state index in [9.17, 15) is 9.50 Å². The molecule has 1 aromatic rings. The maximum Gasteiger partial charge on any atom is 0.123 e. The van der Waals surface area contributed by atoms with Gasteiger partial charge in [-0.2, -0.15) is 0 Å². The fourth-order valence-corrected chi connectivity index (χ4v) is 1.61. The van der Waals surface area contributed by atoms with E-state index in [1.165, 1.54) is 24.3 Å². The molecule has 2 N–H and O–H groups in total. The van der Waals surface area contributed by atoms with Crippen LogP contribution in [-0.4, -0.2) is 44.1 Å². The first-order valence-electron chi connectivity index (χ1n) is 6.44. The summed E-state index contributed by atoms with van der Waals surface area (Å²) in [7, 11) is 1.65. The van der Waals surface area contributed by atoms with Crippen molar-refractivity contribution in [3.8, 4) is 5.75 Å². The number of methoxy groups -OCH3 is 1. The summed E-state index contributed by atoms with van der Waals surface area (Å²) in [5.41, 5.74) is 0. The lowest BCUT2D eigenvalue weighted by Gasteiger charge is -2.19. The van der Waals surface area contributed by atoms with Gasteiger partial charge in [0.2, 0.25) is 0 Å². The highest BCUT2D eigenvalue weighted by Gasteiger charge is 2.09. The number of aliphatic hydroxyl groups excluding tert-OH is 1. The van der Waals surface area contributed by atoms with Gasteiger partial charge in [-0.25, -0.2) is 4.39 Å². The first-order valence-corrected chi connectivity index (χ1v) is 6.44. The quantitative estimate of drug-likeness (QED) is 0.716. The third-order valence-electron chi connectivity index (χ3n) is 2.76. The standard InChI is InChI=1S/C14H22FNO3/c1-3-12(9-18-2)16-8-13(17)10-19-14-6-4-11(15)5-7-14/h4-7,12-13,16-17H,3,8-10H2,1-2H3. The van der Waals surface area contributed by atoms with Gasteiger partial charge in [-0.05, 0) is 30.7 Å². The molecule has 0 amide bonds. The van der Waals surface area contributed by atoms with E-state index in [1.807, 2.05) is 0 Å². The minimum absolute atomic E-state index is 0.169. The summed E-state index contributed by atoms with van der Waals surface area (Å²) in [4.78, 5) is 0. The predicted octanol–water partition coefficient (Wildman–Crippen LogP) is 1.58. The van der Waals surface area contributed by atoms with Crippen LogP contribution in [0.15, 0.2) is 24.3 Å². The third kappa shape index (κ3) is 6.52. The molecule has 0 saturated carbocycles. The van der Waals surface area contributed by atoms with E-state index in [4.69, 9.17) is 9.47 Å². The van der Waals surface area contributed by atoms with E-state index in [2.05, 4.69) is 12.2 Å². The van der Waals surface area contributed by atoms with Crippen molar-refractivity contribution >= 4 is 0 Å². The van der Waals surface area contributed by atoms with Crippen molar-refractivity contribution in [3.63, 3.8) is 0 Å². The Morgan fingerprint density at radius 1 is 1.26 bits per heavy atom. The van der Waals surface area contributed by atoms with Gasteiger partial charge in [-0.15, -0.1) is 0 Å². The van der Waals surface area contributed by atoms with Crippen molar-refractivity contribution in [2.75, 3.05) is 26.9 Å². The van der Waals surface area contributed by atoms with Crippen LogP contribution in [0.5, 0.6) is 5.75 Å². The van der Waals surface area contributed by atoms with E-state index in [0.717, 1.165) is 6.42 Å². The van der Waals surface area contributed by atoms with Gasteiger partial charge < -0.3 is 19.9 Å². The van der Waals surface area contributed by atoms with Crippen LogP contribution in [0.1, 0.15) is 13.3 Å². The highest BCUT2D eigenvalue weighted by molar-refractivity contribution is 5.22. The van der Waals surface area contributed by atoms with Crippen molar-refractivity contribution in [1.29, 1.82) is 0 Å². The zero-order chi connectivity index (χ0) is 14.1. The summed E-state index contributed by atoms with van der Waals surface area (Å²) in [5.74, 6) is 0.240. The van der Waals surface area contributed by atoms with Crippen LogP contribution in [0.4, 0.5) is 4.39 Å². The molecule has 0 fully saturated rings. The van der Waals surface area contributed by atoms with Crippen molar-refractivity contribution < 1.29 is 19.0 Å². The second-order valence-corrected chi connectivity index (χ2v) is 4.39. The number of halogens is 1. The number of hydrogen-bond acceptors (Lipinski definition) is 4. The molecule has 1 rings (SSSR count). The van der Waals surface area contributed by atoms with Gasteiger partial charge in [-0.1, -0.05) is 6.92 Å². The molecule has 0 aromatic heterocycles. The molecular formula is C14H22FNO3. The maximum atomic E-state index is 12.7. The fourth-order valence-electron chi connectivity index (χ4n) is 1.61. The van der Waals surface area contributed by atoms with Gasteiger partial charge in [0.15, 0.2) is 0 Å². The van der Waals surface area contributed by atoms with Crippen LogP contribution >= 0.6 is 0 Å². The first kappa shape index (κ1) is 15.9. The van der Waals surface area contributed by atoms with Crippen molar-refractivity contribution in [3.05, 3.63) is 30.1 Å². The Bertz CT molecular complexity index is 345. The van der Waals surface area contributed by atoms with Crippen LogP contribution < -0.4 is 10.1 Å². The van der Waals surface area contributed by atoms with E-state index >= 15 is 0 Å². The number of nitrogens with one attached hydrogen (secondary N) is 1. The number of aliphatic hydroxyl groups is 1. The Kier molecular flexibility index (Phi) is 7.40. The van der Waals surface area contributed by atoms with Crippen molar-refractivity contribution in [1.82, 2.24) is 5.32 Å². The van der Waals surface area contributed by atoms with Gasteiger partial charge in [0.05, 0.1) is 6.61 Å².